The zero-order chi connectivity index (χ0) is 24.9. The van der Waals surface area contributed by atoms with Gasteiger partial charge in [0.15, 0.2) is 17.3 Å². The zero-order valence-corrected chi connectivity index (χ0v) is 20.1. The van der Waals surface area contributed by atoms with Gasteiger partial charge in [-0.2, -0.15) is 0 Å². The SMILES string of the molecule is CCOc1ccc2oc(C)c(C(=O)Oc3ccc(C=CC(=O)c4ccc(C)cc4)cc3OC)c2c1. The molecule has 0 unspecified atom stereocenters. The van der Waals surface area contributed by atoms with Crippen molar-refractivity contribution >= 4 is 28.8 Å². The normalized spacial score (nSPS) is 11.1. The van der Waals surface area contributed by atoms with Crippen LogP contribution in [0.15, 0.2) is 71.2 Å². The molecule has 0 fully saturated rings. The van der Waals surface area contributed by atoms with Gasteiger partial charge in [0, 0.05) is 10.9 Å². The molecule has 1 aromatic heterocycles. The highest BCUT2D eigenvalue weighted by Crippen LogP contribution is 2.33. The molecule has 35 heavy (non-hydrogen) atoms. The van der Waals surface area contributed by atoms with Crippen LogP contribution in [0.2, 0.25) is 0 Å². The second-order valence-electron chi connectivity index (χ2n) is 7.99. The molecule has 0 bridgehead atoms. The molecule has 6 heteroatoms. The van der Waals surface area contributed by atoms with Crippen molar-refractivity contribution in [2.45, 2.75) is 20.8 Å². The minimum Gasteiger partial charge on any atom is -0.494 e. The Balaban J connectivity index is 1.55. The summed E-state index contributed by atoms with van der Waals surface area (Å²) in [5.41, 5.74) is 3.33. The molecule has 0 aliphatic rings. The third-order valence-corrected chi connectivity index (χ3v) is 5.50. The number of carbonyl (C=O) groups excluding carboxylic acids is 2. The van der Waals surface area contributed by atoms with Gasteiger partial charge in [-0.1, -0.05) is 42.0 Å². The summed E-state index contributed by atoms with van der Waals surface area (Å²) in [5.74, 6) is 1.05. The number of fused-ring (bicyclic) bond motifs is 1. The number of esters is 1. The number of rotatable bonds is 8. The smallest absolute Gasteiger partial charge is 0.347 e. The lowest BCUT2D eigenvalue weighted by Crippen LogP contribution is -2.10. The molecule has 0 saturated heterocycles. The Hall–Kier alpha value is -4.32. The van der Waals surface area contributed by atoms with Crippen LogP contribution in [0.25, 0.3) is 17.0 Å². The fourth-order valence-electron chi connectivity index (χ4n) is 3.72. The van der Waals surface area contributed by atoms with Crippen LogP contribution in [-0.2, 0) is 0 Å². The van der Waals surface area contributed by atoms with E-state index >= 15 is 0 Å². The fraction of sp³-hybridized carbons (Fsp3) is 0.172. The van der Waals surface area contributed by atoms with E-state index in [-0.39, 0.29) is 11.5 Å². The fourth-order valence-corrected chi connectivity index (χ4v) is 3.72. The van der Waals surface area contributed by atoms with Crippen LogP contribution in [0.4, 0.5) is 0 Å². The van der Waals surface area contributed by atoms with Crippen molar-refractivity contribution in [3.05, 3.63) is 94.8 Å². The van der Waals surface area contributed by atoms with Crippen molar-refractivity contribution in [2.24, 2.45) is 0 Å². The molecule has 0 radical (unpaired) electrons. The molecular formula is C29H26O6. The third kappa shape index (κ3) is 5.27. The van der Waals surface area contributed by atoms with Crippen molar-refractivity contribution in [3.63, 3.8) is 0 Å². The van der Waals surface area contributed by atoms with E-state index in [0.29, 0.717) is 46.0 Å². The summed E-state index contributed by atoms with van der Waals surface area (Å²) in [5, 5.41) is 0.617. The Morgan fingerprint density at radius 3 is 2.43 bits per heavy atom. The van der Waals surface area contributed by atoms with E-state index in [1.165, 1.54) is 13.2 Å². The Labute approximate surface area is 203 Å². The number of furan rings is 1. The summed E-state index contributed by atoms with van der Waals surface area (Å²) >= 11 is 0. The average Bonchev–Trinajstić information content (AvgIpc) is 3.18. The summed E-state index contributed by atoms with van der Waals surface area (Å²) in [7, 11) is 1.49. The first-order valence-electron chi connectivity index (χ1n) is 11.2. The highest BCUT2D eigenvalue weighted by molar-refractivity contribution is 6.07. The van der Waals surface area contributed by atoms with Gasteiger partial charge in [-0.15, -0.1) is 0 Å². The number of benzene rings is 3. The molecule has 0 spiro atoms. The van der Waals surface area contributed by atoms with Gasteiger partial charge in [0.25, 0.3) is 0 Å². The van der Waals surface area contributed by atoms with Gasteiger partial charge in [0.1, 0.15) is 22.7 Å². The van der Waals surface area contributed by atoms with Crippen LogP contribution in [0.1, 0.15) is 44.5 Å². The van der Waals surface area contributed by atoms with Crippen LogP contribution in [-0.4, -0.2) is 25.5 Å². The number of hydrogen-bond acceptors (Lipinski definition) is 6. The summed E-state index contributed by atoms with van der Waals surface area (Å²) in [6.45, 7) is 6.09. The van der Waals surface area contributed by atoms with Crippen LogP contribution in [0, 0.1) is 13.8 Å². The van der Waals surface area contributed by atoms with Crippen molar-refractivity contribution in [1.82, 2.24) is 0 Å². The maximum atomic E-state index is 13.1. The number of ketones is 1. The van der Waals surface area contributed by atoms with Crippen molar-refractivity contribution in [2.75, 3.05) is 13.7 Å². The number of methoxy groups -OCH3 is 1. The predicted octanol–water partition coefficient (Wildman–Crippen LogP) is 6.57. The topological polar surface area (TPSA) is 75.0 Å². The van der Waals surface area contributed by atoms with Crippen LogP contribution < -0.4 is 14.2 Å². The van der Waals surface area contributed by atoms with Gasteiger partial charge >= 0.3 is 5.97 Å². The maximum Gasteiger partial charge on any atom is 0.347 e. The first-order valence-corrected chi connectivity index (χ1v) is 11.2. The molecule has 0 saturated carbocycles. The lowest BCUT2D eigenvalue weighted by molar-refractivity contribution is 0.0729. The Morgan fingerprint density at radius 1 is 0.943 bits per heavy atom. The standard InChI is InChI=1S/C29H26O6/c1-5-33-22-12-15-25-23(17-22)28(19(3)34-25)29(31)35-26-14-9-20(16-27(26)32-4)8-13-24(30)21-10-6-18(2)7-11-21/h6-17H,5H2,1-4H3. The van der Waals surface area contributed by atoms with E-state index < -0.39 is 5.97 Å². The molecule has 0 atom stereocenters. The highest BCUT2D eigenvalue weighted by atomic mass is 16.6. The van der Waals surface area contributed by atoms with Gasteiger partial charge in [-0.25, -0.2) is 4.79 Å². The molecule has 0 amide bonds. The molecule has 0 aliphatic heterocycles. The molecule has 178 valence electrons. The molecule has 0 aliphatic carbocycles. The maximum absolute atomic E-state index is 13.1. The predicted molar refractivity (Wildman–Crippen MR) is 135 cm³/mol. The first kappa shape index (κ1) is 23.8. The van der Waals surface area contributed by atoms with Gasteiger partial charge in [0.2, 0.25) is 0 Å². The van der Waals surface area contributed by atoms with Gasteiger partial charge < -0.3 is 18.6 Å². The highest BCUT2D eigenvalue weighted by Gasteiger charge is 2.22. The molecule has 3 aromatic carbocycles. The van der Waals surface area contributed by atoms with Gasteiger partial charge in [-0.3, -0.25) is 4.79 Å². The van der Waals surface area contributed by atoms with E-state index in [9.17, 15) is 9.59 Å². The van der Waals surface area contributed by atoms with Crippen molar-refractivity contribution in [3.8, 4) is 17.2 Å². The number of carbonyl (C=O) groups is 2. The molecular weight excluding hydrogens is 444 g/mol. The quantitative estimate of drug-likeness (QED) is 0.125. The Morgan fingerprint density at radius 2 is 1.71 bits per heavy atom. The minimum atomic E-state index is -0.564. The lowest BCUT2D eigenvalue weighted by Gasteiger charge is -2.10. The summed E-state index contributed by atoms with van der Waals surface area (Å²) < 4.78 is 22.4. The molecule has 4 aromatic rings. The van der Waals surface area contributed by atoms with E-state index in [1.54, 1.807) is 61.5 Å². The number of ether oxygens (including phenoxy) is 3. The lowest BCUT2D eigenvalue weighted by atomic mass is 10.1. The van der Waals surface area contributed by atoms with Crippen LogP contribution in [0.3, 0.4) is 0 Å². The van der Waals surface area contributed by atoms with Gasteiger partial charge in [-0.05, 0) is 62.7 Å². The Kier molecular flexibility index (Phi) is 7.01. The van der Waals surface area contributed by atoms with Crippen molar-refractivity contribution in [1.29, 1.82) is 0 Å². The second-order valence-corrected chi connectivity index (χ2v) is 7.99. The van der Waals surface area contributed by atoms with Crippen LogP contribution in [0.5, 0.6) is 17.2 Å². The monoisotopic (exact) mass is 470 g/mol. The summed E-state index contributed by atoms with van der Waals surface area (Å²) in [6.07, 6.45) is 3.20. The summed E-state index contributed by atoms with van der Waals surface area (Å²) in [4.78, 5) is 25.5. The Bertz CT molecular complexity index is 1410. The zero-order valence-electron chi connectivity index (χ0n) is 20.1. The second kappa shape index (κ2) is 10.3. The van der Waals surface area contributed by atoms with Gasteiger partial charge in [0.05, 0.1) is 13.7 Å². The van der Waals surface area contributed by atoms with E-state index in [2.05, 4.69) is 0 Å². The minimum absolute atomic E-state index is 0.104. The first-order chi connectivity index (χ1) is 16.9. The van der Waals surface area contributed by atoms with E-state index in [0.717, 1.165) is 11.1 Å². The number of allylic oxidation sites excluding steroid dienone is 1. The number of hydrogen-bond donors (Lipinski definition) is 0. The molecule has 1 heterocycles. The van der Waals surface area contributed by atoms with E-state index in [1.807, 2.05) is 26.0 Å². The summed E-state index contributed by atoms with van der Waals surface area (Å²) in [6, 6.07) is 17.8. The van der Waals surface area contributed by atoms with Crippen LogP contribution >= 0.6 is 0 Å². The molecule has 4 rings (SSSR count). The third-order valence-electron chi connectivity index (χ3n) is 5.50. The largest absolute Gasteiger partial charge is 0.494 e. The molecule has 6 nitrogen and oxygen atoms in total. The molecule has 0 N–H and O–H groups in total. The number of aryl methyl sites for hydroxylation is 2. The van der Waals surface area contributed by atoms with E-state index in [4.69, 9.17) is 18.6 Å². The average molecular weight is 471 g/mol. The van der Waals surface area contributed by atoms with Crippen molar-refractivity contribution < 1.29 is 28.2 Å².